The zero-order valence-electron chi connectivity index (χ0n) is 37.8. The summed E-state index contributed by atoms with van der Waals surface area (Å²) < 4.78 is 6.68. The van der Waals surface area contributed by atoms with Crippen molar-refractivity contribution in [1.29, 1.82) is 5.26 Å². The Hall–Kier alpha value is -5.04. The predicted octanol–water partition coefficient (Wildman–Crippen LogP) is 4.57. The second kappa shape index (κ2) is 23.3. The van der Waals surface area contributed by atoms with Crippen molar-refractivity contribution < 1.29 is 38.3 Å². The van der Waals surface area contributed by atoms with E-state index in [9.17, 15) is 38.8 Å². The van der Waals surface area contributed by atoms with Gasteiger partial charge >= 0.3 is 5.97 Å². The molecule has 15 nitrogen and oxygen atoms in total. The highest BCUT2D eigenvalue weighted by Gasteiger charge is 2.40. The maximum atomic E-state index is 14.7. The van der Waals surface area contributed by atoms with Crippen LogP contribution in [0.4, 0.5) is 0 Å². The summed E-state index contributed by atoms with van der Waals surface area (Å²) in [6.07, 6.45) is -0.384. The van der Waals surface area contributed by atoms with Gasteiger partial charge in [0.25, 0.3) is 5.91 Å². The Labute approximate surface area is 365 Å². The molecule has 1 aromatic heterocycles. The molecule has 0 radical (unpaired) electrons. The normalized spacial score (nSPS) is 24.8. The Morgan fingerprint density at radius 1 is 0.705 bits per heavy atom. The van der Waals surface area contributed by atoms with E-state index in [1.165, 1.54) is 49.2 Å². The number of nitrogens with one attached hydrogen (secondary N) is 3. The molecule has 6 amide bonds. The number of carbonyl (C=O) groups excluding carboxylic acids is 7. The van der Waals surface area contributed by atoms with Crippen LogP contribution in [0.25, 0.3) is 10.1 Å². The van der Waals surface area contributed by atoms with Gasteiger partial charge in [-0.05, 0) is 72.8 Å². The summed E-state index contributed by atoms with van der Waals surface area (Å²) in [6.45, 7) is 14.7. The van der Waals surface area contributed by atoms with Crippen molar-refractivity contribution in [2.75, 3.05) is 21.1 Å². The number of carbonyl (C=O) groups is 7. The van der Waals surface area contributed by atoms with Crippen molar-refractivity contribution in [2.45, 2.75) is 149 Å². The van der Waals surface area contributed by atoms with Gasteiger partial charge in [0.15, 0.2) is 6.10 Å². The molecule has 61 heavy (non-hydrogen) atoms. The van der Waals surface area contributed by atoms with E-state index >= 15 is 0 Å². The highest BCUT2D eigenvalue weighted by molar-refractivity contribution is 7.17. The van der Waals surface area contributed by atoms with Gasteiger partial charge in [-0.15, -0.1) is 11.3 Å². The summed E-state index contributed by atoms with van der Waals surface area (Å²) in [5.41, 5.74) is 0.824. The molecule has 3 rings (SSSR count). The number of cyclic esters (lactones) is 1. The fraction of sp³-hybridized carbons (Fsp3) is 0.644. The third-order valence-electron chi connectivity index (χ3n) is 11.1. The molecule has 2 aromatic rings. The van der Waals surface area contributed by atoms with Crippen molar-refractivity contribution in [3.63, 3.8) is 0 Å². The molecule has 1 aromatic carbocycles. The van der Waals surface area contributed by atoms with Crippen molar-refractivity contribution in [1.82, 2.24) is 30.7 Å². The monoisotopic (exact) mass is 865 g/mol. The maximum absolute atomic E-state index is 14.7. The van der Waals surface area contributed by atoms with Crippen LogP contribution in [0.1, 0.15) is 106 Å². The number of likely N-dealkylation sites (N-methyl/N-ethyl adjacent to an activating group) is 3. The number of fused-ring (bicyclic) bond motifs is 1. The average molecular weight is 866 g/mol. The number of esters is 1. The summed E-state index contributed by atoms with van der Waals surface area (Å²) in [5.74, 6) is -4.82. The molecular formula is C45H67N7O8S. The van der Waals surface area contributed by atoms with Crippen LogP contribution in [0.3, 0.4) is 0 Å². The van der Waals surface area contributed by atoms with E-state index in [4.69, 9.17) is 4.74 Å². The molecule has 7 atom stereocenters. The summed E-state index contributed by atoms with van der Waals surface area (Å²) in [7, 11) is 4.39. The van der Waals surface area contributed by atoms with Gasteiger partial charge in [-0.2, -0.15) is 5.26 Å². The SMILES string of the molecule is CCC[C@@H]1NC(=O)[C@H](Cc2csc3ccccc23)N(C)C(=O)[C@H](CC(C)C)NC(=O)[C@H](CC(C)C)N(C)C(=O)[C@H](CC(C)C)NC(=O)[C@@H](CCC#N)OC(=O)[C@H](C)N(C)C1=O. The minimum absolute atomic E-state index is 0.0669. The van der Waals surface area contributed by atoms with Crippen LogP contribution in [0.2, 0.25) is 0 Å². The molecule has 1 fully saturated rings. The zero-order valence-corrected chi connectivity index (χ0v) is 38.6. The largest absolute Gasteiger partial charge is 0.451 e. The Morgan fingerprint density at radius 3 is 1.77 bits per heavy atom. The van der Waals surface area contributed by atoms with Crippen LogP contribution < -0.4 is 16.0 Å². The summed E-state index contributed by atoms with van der Waals surface area (Å²) >= 11 is 1.51. The van der Waals surface area contributed by atoms with Gasteiger partial charge in [0, 0.05) is 45.1 Å². The molecule has 336 valence electrons. The molecule has 1 saturated heterocycles. The number of rotatable bonds is 12. The van der Waals surface area contributed by atoms with E-state index in [1.54, 1.807) is 0 Å². The molecule has 16 heteroatoms. The van der Waals surface area contributed by atoms with Gasteiger partial charge in [0.2, 0.25) is 29.5 Å². The van der Waals surface area contributed by atoms with Gasteiger partial charge in [-0.25, -0.2) is 4.79 Å². The quantitative estimate of drug-likeness (QED) is 0.256. The topological polar surface area (TPSA) is 198 Å². The van der Waals surface area contributed by atoms with E-state index in [0.29, 0.717) is 6.42 Å². The molecule has 1 aliphatic heterocycles. The third kappa shape index (κ3) is 13.7. The van der Waals surface area contributed by atoms with Crippen LogP contribution in [-0.4, -0.2) is 120 Å². The van der Waals surface area contributed by atoms with Crippen LogP contribution in [0, 0.1) is 29.1 Å². The molecule has 1 aliphatic rings. The van der Waals surface area contributed by atoms with Crippen molar-refractivity contribution >= 4 is 62.8 Å². The van der Waals surface area contributed by atoms with Crippen molar-refractivity contribution in [3.8, 4) is 6.07 Å². The minimum Gasteiger partial charge on any atom is -0.451 e. The minimum atomic E-state index is -1.48. The van der Waals surface area contributed by atoms with Crippen LogP contribution >= 0.6 is 11.3 Å². The summed E-state index contributed by atoms with van der Waals surface area (Å²) in [4.78, 5) is 104. The second-order valence-electron chi connectivity index (χ2n) is 17.5. The smallest absolute Gasteiger partial charge is 0.329 e. The molecule has 0 saturated carbocycles. The lowest BCUT2D eigenvalue weighted by Crippen LogP contribution is -2.60. The molecule has 0 aliphatic carbocycles. The van der Waals surface area contributed by atoms with Gasteiger partial charge in [0.05, 0.1) is 6.07 Å². The van der Waals surface area contributed by atoms with E-state index in [1.807, 2.05) is 84.2 Å². The van der Waals surface area contributed by atoms with E-state index in [2.05, 4.69) is 16.0 Å². The predicted molar refractivity (Wildman–Crippen MR) is 235 cm³/mol. The third-order valence-corrected chi connectivity index (χ3v) is 12.1. The van der Waals surface area contributed by atoms with Gasteiger partial charge in [0.1, 0.15) is 36.3 Å². The van der Waals surface area contributed by atoms with E-state index in [0.717, 1.165) is 20.5 Å². The maximum Gasteiger partial charge on any atom is 0.329 e. The molecule has 0 spiro atoms. The number of benzene rings is 1. The fourth-order valence-electron chi connectivity index (χ4n) is 7.50. The lowest BCUT2D eigenvalue weighted by Gasteiger charge is -2.35. The fourth-order valence-corrected chi connectivity index (χ4v) is 8.47. The standard InChI is InChI=1S/C45H67N7O8S/c1-12-16-32-42(56)50(9)29(8)45(59)60-37(18-15-20-46)41(55)49-34(22-27(4)5)44(58)51(10)35(23-28(6)7)39(53)48-33(21-26(2)3)43(57)52(11)36(40(54)47-32)24-30-25-61-38-19-14-13-17-31(30)38/h13-14,17,19,25-29,32-37H,12,15-16,18,21-24H2,1-11H3,(H,47,54)(H,48,53)(H,49,55)/t29-,32-,33-,34-,35-,36-,37+/m0/s1. The van der Waals surface area contributed by atoms with E-state index in [-0.39, 0.29) is 62.7 Å². The summed E-state index contributed by atoms with van der Waals surface area (Å²) in [5, 5.41) is 20.8. The van der Waals surface area contributed by atoms with Crippen molar-refractivity contribution in [2.24, 2.45) is 17.8 Å². The first kappa shape index (κ1) is 50.3. The Kier molecular flexibility index (Phi) is 19.2. The van der Waals surface area contributed by atoms with Crippen LogP contribution in [-0.2, 0) is 44.7 Å². The lowest BCUT2D eigenvalue weighted by molar-refractivity contribution is -0.163. The highest BCUT2D eigenvalue weighted by Crippen LogP contribution is 2.28. The Morgan fingerprint density at radius 2 is 1.21 bits per heavy atom. The molecule has 2 heterocycles. The lowest BCUT2D eigenvalue weighted by atomic mass is 9.96. The molecular weight excluding hydrogens is 799 g/mol. The highest BCUT2D eigenvalue weighted by atomic mass is 32.1. The van der Waals surface area contributed by atoms with Gasteiger partial charge in [-0.1, -0.05) is 73.1 Å². The average Bonchev–Trinajstić information content (AvgIpc) is 3.62. The van der Waals surface area contributed by atoms with E-state index < -0.39 is 83.8 Å². The second-order valence-corrected chi connectivity index (χ2v) is 18.4. The van der Waals surface area contributed by atoms with Crippen LogP contribution in [0.5, 0.6) is 0 Å². The van der Waals surface area contributed by atoms with Gasteiger partial charge < -0.3 is 35.4 Å². The first-order valence-corrected chi connectivity index (χ1v) is 22.3. The number of hydrogen-bond acceptors (Lipinski definition) is 10. The Balaban J connectivity index is 2.24. The number of nitrogens with zero attached hydrogens (tertiary/aromatic N) is 4. The number of hydrogen-bond donors (Lipinski definition) is 3. The van der Waals surface area contributed by atoms with Crippen molar-refractivity contribution in [3.05, 3.63) is 35.2 Å². The Bertz CT molecular complexity index is 1910. The molecule has 3 N–H and O–H groups in total. The number of thiophene rings is 1. The number of amides is 6. The summed E-state index contributed by atoms with van der Waals surface area (Å²) in [6, 6.07) is 2.96. The number of nitriles is 1. The first-order chi connectivity index (χ1) is 28.7. The van der Waals surface area contributed by atoms with Crippen LogP contribution in [0.15, 0.2) is 29.6 Å². The molecule has 0 bridgehead atoms. The molecule has 0 unspecified atom stereocenters. The van der Waals surface area contributed by atoms with Gasteiger partial charge in [-0.3, -0.25) is 28.8 Å². The first-order valence-electron chi connectivity index (χ1n) is 21.5. The zero-order chi connectivity index (χ0) is 45.7. The number of ether oxygens (including phenoxy) is 1.